The van der Waals surface area contributed by atoms with E-state index in [1.165, 1.54) is 0 Å². The Labute approximate surface area is 108 Å². The first-order valence-electron chi connectivity index (χ1n) is 5.05. The number of alkyl halides is 2. The Hall–Kier alpha value is -0.650. The maximum atomic E-state index is 13.2. The molecule has 0 fully saturated rings. The van der Waals surface area contributed by atoms with Crippen LogP contribution in [0.3, 0.4) is 0 Å². The standard InChI is InChI=1S/C10H12Cl2FNO3/c1-2-17-8(16)4-7(15)5-3-6(13)10(12)14-9(5)11/h3,5,9-10,14H,2,4H2,1H3. The molecule has 0 bridgehead atoms. The Kier molecular flexibility index (Phi) is 5.36. The molecule has 17 heavy (non-hydrogen) atoms. The molecule has 0 aromatic carbocycles. The first-order chi connectivity index (χ1) is 7.95. The smallest absolute Gasteiger partial charge is 0.313 e. The van der Waals surface area contributed by atoms with Crippen LogP contribution >= 0.6 is 23.2 Å². The van der Waals surface area contributed by atoms with Gasteiger partial charge in [-0.3, -0.25) is 14.9 Å². The van der Waals surface area contributed by atoms with Crippen LogP contribution in [-0.2, 0) is 14.3 Å². The van der Waals surface area contributed by atoms with Crippen molar-refractivity contribution in [2.45, 2.75) is 24.3 Å². The quantitative estimate of drug-likeness (QED) is 0.369. The number of hydrogen-bond acceptors (Lipinski definition) is 4. The van der Waals surface area contributed by atoms with Crippen LogP contribution in [0.15, 0.2) is 11.9 Å². The van der Waals surface area contributed by atoms with Gasteiger partial charge in [-0.2, -0.15) is 0 Å². The SMILES string of the molecule is CCOC(=O)CC(=O)C1C=C(F)C(Cl)NC1Cl. The first-order valence-corrected chi connectivity index (χ1v) is 5.92. The molecule has 1 rings (SSSR count). The summed E-state index contributed by atoms with van der Waals surface area (Å²) in [6, 6.07) is 0. The molecular formula is C10H12Cl2FNO3. The van der Waals surface area contributed by atoms with Crippen LogP contribution in [-0.4, -0.2) is 29.4 Å². The summed E-state index contributed by atoms with van der Waals surface area (Å²) in [5.41, 5.74) is -1.87. The van der Waals surface area contributed by atoms with Gasteiger partial charge in [0.05, 0.1) is 18.0 Å². The minimum Gasteiger partial charge on any atom is -0.466 e. The average molecular weight is 284 g/mol. The molecule has 1 aliphatic rings. The zero-order chi connectivity index (χ0) is 13.0. The molecular weight excluding hydrogens is 272 g/mol. The van der Waals surface area contributed by atoms with Crippen molar-refractivity contribution < 1.29 is 18.7 Å². The fraction of sp³-hybridized carbons (Fsp3) is 0.600. The second-order valence-corrected chi connectivity index (χ2v) is 4.36. The van der Waals surface area contributed by atoms with Crippen LogP contribution in [0.25, 0.3) is 0 Å². The molecule has 0 aliphatic carbocycles. The van der Waals surface area contributed by atoms with Gasteiger partial charge in [0.2, 0.25) is 0 Å². The van der Waals surface area contributed by atoms with Gasteiger partial charge in [0, 0.05) is 0 Å². The molecule has 0 saturated heterocycles. The average Bonchev–Trinajstić information content (AvgIpc) is 2.23. The molecule has 0 saturated carbocycles. The Bertz CT molecular complexity index is 348. The third-order valence-electron chi connectivity index (χ3n) is 2.20. The van der Waals surface area contributed by atoms with E-state index in [2.05, 4.69) is 10.1 Å². The number of carbonyl (C=O) groups excluding carboxylic acids is 2. The number of Topliss-reactive ketones (excluding diaryl/α,β-unsaturated/α-hetero) is 1. The van der Waals surface area contributed by atoms with Gasteiger partial charge in [-0.15, -0.1) is 11.6 Å². The molecule has 1 heterocycles. The second-order valence-electron chi connectivity index (χ2n) is 3.46. The summed E-state index contributed by atoms with van der Waals surface area (Å²) >= 11 is 11.4. The number of carbonyl (C=O) groups is 2. The van der Waals surface area contributed by atoms with Crippen LogP contribution in [0.4, 0.5) is 4.39 Å². The van der Waals surface area contributed by atoms with Crippen molar-refractivity contribution in [3.63, 3.8) is 0 Å². The van der Waals surface area contributed by atoms with E-state index in [0.717, 1.165) is 6.08 Å². The minimum atomic E-state index is -1.04. The number of rotatable bonds is 4. The molecule has 1 aliphatic heterocycles. The zero-order valence-electron chi connectivity index (χ0n) is 9.08. The van der Waals surface area contributed by atoms with Crippen molar-refractivity contribution in [1.29, 1.82) is 0 Å². The van der Waals surface area contributed by atoms with Crippen molar-refractivity contribution in [2.75, 3.05) is 6.61 Å². The molecule has 0 radical (unpaired) electrons. The zero-order valence-corrected chi connectivity index (χ0v) is 10.6. The van der Waals surface area contributed by atoms with Crippen LogP contribution in [0, 0.1) is 5.92 Å². The second kappa shape index (κ2) is 6.33. The number of esters is 1. The van der Waals surface area contributed by atoms with E-state index in [-0.39, 0.29) is 6.61 Å². The normalized spacial score (nSPS) is 28.5. The summed E-state index contributed by atoms with van der Waals surface area (Å²) in [6.07, 6.45) is 0.605. The molecule has 0 aromatic rings. The van der Waals surface area contributed by atoms with Gasteiger partial charge in [0.15, 0.2) is 5.78 Å². The van der Waals surface area contributed by atoms with E-state index in [9.17, 15) is 14.0 Å². The highest BCUT2D eigenvalue weighted by molar-refractivity contribution is 6.25. The Morgan fingerprint density at radius 3 is 2.76 bits per heavy atom. The molecule has 3 unspecified atom stereocenters. The number of ether oxygens (including phenoxy) is 1. The predicted molar refractivity (Wildman–Crippen MR) is 61.4 cm³/mol. The third-order valence-corrected chi connectivity index (χ3v) is 2.93. The summed E-state index contributed by atoms with van der Waals surface area (Å²) in [4.78, 5) is 22.8. The Morgan fingerprint density at radius 2 is 2.18 bits per heavy atom. The predicted octanol–water partition coefficient (Wildman–Crippen LogP) is 1.71. The van der Waals surface area contributed by atoms with E-state index in [1.54, 1.807) is 6.92 Å². The Balaban J connectivity index is 2.66. The molecule has 3 atom stereocenters. The molecule has 7 heteroatoms. The van der Waals surface area contributed by atoms with Gasteiger partial charge in [-0.25, -0.2) is 4.39 Å². The lowest BCUT2D eigenvalue weighted by Crippen LogP contribution is -2.43. The maximum Gasteiger partial charge on any atom is 0.313 e. The first kappa shape index (κ1) is 14.4. The number of halogens is 3. The molecule has 96 valence electrons. The Morgan fingerprint density at radius 1 is 1.53 bits per heavy atom. The maximum absolute atomic E-state index is 13.2. The van der Waals surface area contributed by atoms with E-state index in [1.807, 2.05) is 0 Å². The lowest BCUT2D eigenvalue weighted by Gasteiger charge is -2.26. The summed E-state index contributed by atoms with van der Waals surface area (Å²) < 4.78 is 17.8. The summed E-state index contributed by atoms with van der Waals surface area (Å²) in [5, 5.41) is 2.48. The molecule has 0 amide bonds. The number of ketones is 1. The fourth-order valence-electron chi connectivity index (χ4n) is 1.39. The van der Waals surface area contributed by atoms with Crippen LogP contribution in [0.1, 0.15) is 13.3 Å². The highest BCUT2D eigenvalue weighted by atomic mass is 35.5. The number of nitrogens with one attached hydrogen (secondary N) is 1. The topological polar surface area (TPSA) is 55.4 Å². The molecule has 4 nitrogen and oxygen atoms in total. The van der Waals surface area contributed by atoms with Crippen LogP contribution in [0.5, 0.6) is 0 Å². The van der Waals surface area contributed by atoms with E-state index < -0.39 is 40.9 Å². The van der Waals surface area contributed by atoms with Gasteiger partial charge in [-0.05, 0) is 13.0 Å². The third kappa shape index (κ3) is 3.94. The van der Waals surface area contributed by atoms with Crippen molar-refractivity contribution in [1.82, 2.24) is 5.32 Å². The largest absolute Gasteiger partial charge is 0.466 e. The van der Waals surface area contributed by atoms with Crippen molar-refractivity contribution in [2.24, 2.45) is 5.92 Å². The number of hydrogen-bond donors (Lipinski definition) is 1. The van der Waals surface area contributed by atoms with Crippen molar-refractivity contribution >= 4 is 35.0 Å². The molecule has 0 spiro atoms. The van der Waals surface area contributed by atoms with E-state index in [4.69, 9.17) is 23.2 Å². The lowest BCUT2D eigenvalue weighted by molar-refractivity contribution is -0.146. The monoisotopic (exact) mass is 283 g/mol. The molecule has 1 N–H and O–H groups in total. The van der Waals surface area contributed by atoms with Gasteiger partial charge >= 0.3 is 5.97 Å². The van der Waals surface area contributed by atoms with Gasteiger partial charge in [0.1, 0.15) is 17.7 Å². The van der Waals surface area contributed by atoms with E-state index >= 15 is 0 Å². The highest BCUT2D eigenvalue weighted by Gasteiger charge is 2.33. The van der Waals surface area contributed by atoms with Gasteiger partial charge < -0.3 is 4.74 Å². The van der Waals surface area contributed by atoms with Gasteiger partial charge in [0.25, 0.3) is 0 Å². The molecule has 0 aromatic heterocycles. The van der Waals surface area contributed by atoms with Crippen molar-refractivity contribution in [3.8, 4) is 0 Å². The fourth-order valence-corrected chi connectivity index (χ4v) is 2.00. The lowest BCUT2D eigenvalue weighted by atomic mass is 9.98. The van der Waals surface area contributed by atoms with Crippen LogP contribution < -0.4 is 5.32 Å². The summed E-state index contributed by atoms with van der Waals surface area (Å²) in [5.74, 6) is -2.75. The summed E-state index contributed by atoms with van der Waals surface area (Å²) in [6.45, 7) is 1.82. The van der Waals surface area contributed by atoms with Gasteiger partial charge in [-0.1, -0.05) is 11.6 Å². The highest BCUT2D eigenvalue weighted by Crippen LogP contribution is 2.25. The van der Waals surface area contributed by atoms with Crippen molar-refractivity contribution in [3.05, 3.63) is 11.9 Å². The van der Waals surface area contributed by atoms with E-state index in [0.29, 0.717) is 0 Å². The summed E-state index contributed by atoms with van der Waals surface area (Å²) in [7, 11) is 0. The minimum absolute atomic E-state index is 0.188. The van der Waals surface area contributed by atoms with Crippen LogP contribution in [0.2, 0.25) is 0 Å².